The van der Waals surface area contributed by atoms with Crippen LogP contribution in [0.5, 0.6) is 5.75 Å². The summed E-state index contributed by atoms with van der Waals surface area (Å²) in [4.78, 5) is 0. The summed E-state index contributed by atoms with van der Waals surface area (Å²) in [7, 11) is 1.58. The van der Waals surface area contributed by atoms with Gasteiger partial charge in [-0.25, -0.2) is 4.39 Å². The van der Waals surface area contributed by atoms with Gasteiger partial charge in [0.05, 0.1) is 11.6 Å². The van der Waals surface area contributed by atoms with Gasteiger partial charge in [0.1, 0.15) is 11.6 Å². The van der Waals surface area contributed by atoms with E-state index in [-0.39, 0.29) is 5.82 Å². The van der Waals surface area contributed by atoms with Gasteiger partial charge in [-0.3, -0.25) is 0 Å². The first-order valence-electron chi connectivity index (χ1n) is 5.43. The monoisotopic (exact) mass is 287 g/mol. The summed E-state index contributed by atoms with van der Waals surface area (Å²) in [5.41, 5.74) is 1.07. The van der Waals surface area contributed by atoms with E-state index in [0.29, 0.717) is 16.1 Å². The van der Waals surface area contributed by atoms with Gasteiger partial charge in [0.25, 0.3) is 0 Å². The highest BCUT2D eigenvalue weighted by molar-refractivity contribution is 9.10. The minimum absolute atomic E-state index is 0.273. The van der Waals surface area contributed by atoms with Crippen molar-refractivity contribution in [3.8, 4) is 5.75 Å². The van der Waals surface area contributed by atoms with Crippen molar-refractivity contribution in [3.05, 3.63) is 28.0 Å². The van der Waals surface area contributed by atoms with Crippen molar-refractivity contribution < 1.29 is 9.13 Å². The first kappa shape index (κ1) is 11.9. The number of hydrogen-bond donors (Lipinski definition) is 1. The Morgan fingerprint density at radius 1 is 1.56 bits per heavy atom. The van der Waals surface area contributed by atoms with Gasteiger partial charge in [0, 0.05) is 6.07 Å². The molecule has 16 heavy (non-hydrogen) atoms. The van der Waals surface area contributed by atoms with E-state index in [1.165, 1.54) is 12.5 Å². The molecule has 0 saturated carbocycles. The molecule has 0 aliphatic carbocycles. The van der Waals surface area contributed by atoms with Gasteiger partial charge in [-0.05, 0) is 59.4 Å². The Morgan fingerprint density at radius 3 is 3.00 bits per heavy atom. The molecular weight excluding hydrogens is 273 g/mol. The summed E-state index contributed by atoms with van der Waals surface area (Å²) in [6.45, 7) is 2.12. The Balaban J connectivity index is 2.20. The Labute approximate surface area is 103 Å². The molecule has 1 aliphatic rings. The van der Waals surface area contributed by atoms with E-state index in [4.69, 9.17) is 4.74 Å². The van der Waals surface area contributed by atoms with Crippen molar-refractivity contribution in [2.75, 3.05) is 20.2 Å². The van der Waals surface area contributed by atoms with E-state index in [2.05, 4.69) is 21.2 Å². The molecular formula is C12H15BrFNO. The smallest absolute Gasteiger partial charge is 0.141 e. The summed E-state index contributed by atoms with van der Waals surface area (Å²) < 4.78 is 19.0. The number of hydrogen-bond acceptors (Lipinski definition) is 2. The normalized spacial score (nSPS) is 20.1. The lowest BCUT2D eigenvalue weighted by atomic mass is 9.98. The van der Waals surface area contributed by atoms with E-state index in [0.717, 1.165) is 25.1 Å². The van der Waals surface area contributed by atoms with Crippen LogP contribution in [-0.2, 0) is 6.42 Å². The zero-order valence-electron chi connectivity index (χ0n) is 9.22. The lowest BCUT2D eigenvalue weighted by Crippen LogP contribution is -2.11. The minimum Gasteiger partial charge on any atom is -0.496 e. The summed E-state index contributed by atoms with van der Waals surface area (Å²) in [6, 6.07) is 3.27. The maximum Gasteiger partial charge on any atom is 0.141 e. The third-order valence-electron chi connectivity index (χ3n) is 2.99. The third kappa shape index (κ3) is 2.55. The van der Waals surface area contributed by atoms with Crippen LogP contribution in [0, 0.1) is 11.7 Å². The number of nitrogens with one attached hydrogen (secondary N) is 1. The second kappa shape index (κ2) is 5.15. The van der Waals surface area contributed by atoms with E-state index < -0.39 is 0 Å². The largest absolute Gasteiger partial charge is 0.496 e. The molecule has 1 atom stereocenters. The lowest BCUT2D eigenvalue weighted by molar-refractivity contribution is 0.401. The predicted molar refractivity (Wildman–Crippen MR) is 65.3 cm³/mol. The topological polar surface area (TPSA) is 21.3 Å². The van der Waals surface area contributed by atoms with Gasteiger partial charge in [-0.2, -0.15) is 0 Å². The predicted octanol–water partition coefficient (Wildman–Crippen LogP) is 2.75. The summed E-state index contributed by atoms with van der Waals surface area (Å²) in [5, 5.41) is 3.33. The average Bonchev–Trinajstić information content (AvgIpc) is 2.76. The van der Waals surface area contributed by atoms with Crippen LogP contribution in [0.15, 0.2) is 16.6 Å². The molecule has 1 heterocycles. The highest BCUT2D eigenvalue weighted by Crippen LogP contribution is 2.29. The molecule has 1 aliphatic heterocycles. The standard InChI is InChI=1S/C12H15BrFNO/c1-16-12-6-11(14)10(13)5-9(12)4-8-2-3-15-7-8/h5-6,8,15H,2-4,7H2,1H3. The molecule has 1 aromatic carbocycles. The third-order valence-corrected chi connectivity index (χ3v) is 3.60. The fraction of sp³-hybridized carbons (Fsp3) is 0.500. The fourth-order valence-corrected chi connectivity index (χ4v) is 2.51. The Kier molecular flexibility index (Phi) is 3.82. The number of ether oxygens (including phenoxy) is 1. The first-order chi connectivity index (χ1) is 7.70. The van der Waals surface area contributed by atoms with Crippen LogP contribution in [0.25, 0.3) is 0 Å². The van der Waals surface area contributed by atoms with Crippen LogP contribution in [0.2, 0.25) is 0 Å². The van der Waals surface area contributed by atoms with Crippen molar-refractivity contribution in [3.63, 3.8) is 0 Å². The maximum absolute atomic E-state index is 13.3. The fourth-order valence-electron chi connectivity index (χ4n) is 2.12. The van der Waals surface area contributed by atoms with Crippen molar-refractivity contribution in [1.29, 1.82) is 0 Å². The zero-order chi connectivity index (χ0) is 11.5. The van der Waals surface area contributed by atoms with E-state index in [9.17, 15) is 4.39 Å². The summed E-state index contributed by atoms with van der Waals surface area (Å²) >= 11 is 3.21. The second-order valence-electron chi connectivity index (χ2n) is 4.14. The molecule has 1 aromatic rings. The van der Waals surface area contributed by atoms with Crippen LogP contribution in [0.4, 0.5) is 4.39 Å². The molecule has 0 radical (unpaired) electrons. The molecule has 1 N–H and O–H groups in total. The van der Waals surface area contributed by atoms with Crippen LogP contribution < -0.4 is 10.1 Å². The molecule has 1 unspecified atom stereocenters. The summed E-state index contributed by atoms with van der Waals surface area (Å²) in [6.07, 6.45) is 2.12. The molecule has 88 valence electrons. The highest BCUT2D eigenvalue weighted by Gasteiger charge is 2.18. The molecule has 2 nitrogen and oxygen atoms in total. The molecule has 0 spiro atoms. The Bertz CT molecular complexity index is 378. The quantitative estimate of drug-likeness (QED) is 0.923. The van der Waals surface area contributed by atoms with Gasteiger partial charge >= 0.3 is 0 Å². The van der Waals surface area contributed by atoms with Crippen molar-refractivity contribution in [2.45, 2.75) is 12.8 Å². The van der Waals surface area contributed by atoms with Crippen LogP contribution in [0.3, 0.4) is 0 Å². The van der Waals surface area contributed by atoms with Crippen LogP contribution >= 0.6 is 15.9 Å². The number of halogens is 2. The van der Waals surface area contributed by atoms with Crippen molar-refractivity contribution in [1.82, 2.24) is 5.32 Å². The van der Waals surface area contributed by atoms with Gasteiger partial charge in [-0.15, -0.1) is 0 Å². The maximum atomic E-state index is 13.3. The van der Waals surface area contributed by atoms with E-state index >= 15 is 0 Å². The molecule has 1 fully saturated rings. The minimum atomic E-state index is -0.273. The molecule has 2 rings (SSSR count). The Hall–Kier alpha value is -0.610. The van der Waals surface area contributed by atoms with Gasteiger partial charge in [0.2, 0.25) is 0 Å². The molecule has 0 aromatic heterocycles. The summed E-state index contributed by atoms with van der Waals surface area (Å²) in [5.74, 6) is 1.00. The Morgan fingerprint density at radius 2 is 2.38 bits per heavy atom. The van der Waals surface area contributed by atoms with Gasteiger partial charge in [-0.1, -0.05) is 0 Å². The van der Waals surface area contributed by atoms with Gasteiger partial charge in [0.15, 0.2) is 0 Å². The van der Waals surface area contributed by atoms with Crippen LogP contribution in [-0.4, -0.2) is 20.2 Å². The van der Waals surface area contributed by atoms with E-state index in [1.54, 1.807) is 7.11 Å². The van der Waals surface area contributed by atoms with Crippen molar-refractivity contribution in [2.24, 2.45) is 5.92 Å². The highest BCUT2D eigenvalue weighted by atomic mass is 79.9. The molecule has 4 heteroatoms. The molecule has 1 saturated heterocycles. The second-order valence-corrected chi connectivity index (χ2v) is 5.00. The lowest BCUT2D eigenvalue weighted by Gasteiger charge is -2.13. The van der Waals surface area contributed by atoms with Gasteiger partial charge < -0.3 is 10.1 Å². The molecule has 0 bridgehead atoms. The number of rotatable bonds is 3. The van der Waals surface area contributed by atoms with Crippen molar-refractivity contribution >= 4 is 15.9 Å². The van der Waals surface area contributed by atoms with Crippen LogP contribution in [0.1, 0.15) is 12.0 Å². The SMILES string of the molecule is COc1cc(F)c(Br)cc1CC1CCNC1. The van der Waals surface area contributed by atoms with E-state index in [1.807, 2.05) is 6.07 Å². The molecule has 0 amide bonds. The average molecular weight is 288 g/mol. The number of methoxy groups -OCH3 is 1. The zero-order valence-corrected chi connectivity index (χ0v) is 10.8. The number of benzene rings is 1. The first-order valence-corrected chi connectivity index (χ1v) is 6.22.